The molecule has 2 rings (SSSR count). The smallest absolute Gasteiger partial charge is 0.0244 e. The zero-order valence-corrected chi connectivity index (χ0v) is 10.9. The third-order valence-electron chi connectivity index (χ3n) is 3.70. The van der Waals surface area contributed by atoms with Crippen LogP contribution in [0.2, 0.25) is 0 Å². The van der Waals surface area contributed by atoms with Crippen molar-refractivity contribution in [3.63, 3.8) is 0 Å². The van der Waals surface area contributed by atoms with Crippen LogP contribution in [0.15, 0.2) is 17.5 Å². The minimum absolute atomic E-state index is 0.605. The molecule has 16 heavy (non-hydrogen) atoms. The first-order chi connectivity index (χ1) is 7.81. The van der Waals surface area contributed by atoms with E-state index in [1.807, 2.05) is 11.3 Å². The van der Waals surface area contributed by atoms with Gasteiger partial charge in [0.15, 0.2) is 0 Å². The third kappa shape index (κ3) is 2.84. The maximum absolute atomic E-state index is 5.89. The average Bonchev–Trinajstić information content (AvgIpc) is 2.79. The monoisotopic (exact) mass is 238 g/mol. The molecule has 0 bridgehead atoms. The van der Waals surface area contributed by atoms with Crippen molar-refractivity contribution in [2.45, 2.75) is 32.2 Å². The standard InChI is InChI=1S/C13H22N2S/c1-11-4-2-7-15(13(11)10-14)8-6-12-5-3-9-16-12/h3,5,9,11,13H,2,4,6-8,10,14H2,1H3. The quantitative estimate of drug-likeness (QED) is 0.872. The molecule has 0 amide bonds. The molecule has 2 unspecified atom stereocenters. The fourth-order valence-corrected chi connectivity index (χ4v) is 3.40. The predicted molar refractivity (Wildman–Crippen MR) is 70.8 cm³/mol. The molecule has 2 N–H and O–H groups in total. The Morgan fingerprint density at radius 3 is 3.12 bits per heavy atom. The number of likely N-dealkylation sites (tertiary alicyclic amines) is 1. The first-order valence-electron chi connectivity index (χ1n) is 6.27. The molecule has 1 fully saturated rings. The van der Waals surface area contributed by atoms with E-state index in [1.165, 1.54) is 37.2 Å². The summed E-state index contributed by atoms with van der Waals surface area (Å²) in [6, 6.07) is 4.98. The molecule has 2 nitrogen and oxygen atoms in total. The van der Waals surface area contributed by atoms with E-state index < -0.39 is 0 Å². The summed E-state index contributed by atoms with van der Waals surface area (Å²) in [5, 5.41) is 2.16. The van der Waals surface area contributed by atoms with E-state index >= 15 is 0 Å². The number of nitrogens with two attached hydrogens (primary N) is 1. The Labute approximate surface area is 102 Å². The van der Waals surface area contributed by atoms with Crippen molar-refractivity contribution in [2.75, 3.05) is 19.6 Å². The summed E-state index contributed by atoms with van der Waals surface area (Å²) in [5.74, 6) is 0.766. The molecule has 0 saturated carbocycles. The lowest BCUT2D eigenvalue weighted by Crippen LogP contribution is -2.49. The maximum Gasteiger partial charge on any atom is 0.0244 e. The second kappa shape index (κ2) is 5.80. The van der Waals surface area contributed by atoms with Crippen molar-refractivity contribution in [3.8, 4) is 0 Å². The highest BCUT2D eigenvalue weighted by Crippen LogP contribution is 2.23. The molecular weight excluding hydrogens is 216 g/mol. The van der Waals surface area contributed by atoms with Crippen LogP contribution in [-0.2, 0) is 6.42 Å². The average molecular weight is 238 g/mol. The van der Waals surface area contributed by atoms with Gasteiger partial charge in [0.2, 0.25) is 0 Å². The summed E-state index contributed by atoms with van der Waals surface area (Å²) in [7, 11) is 0. The van der Waals surface area contributed by atoms with E-state index in [2.05, 4.69) is 29.3 Å². The molecule has 0 aliphatic carbocycles. The lowest BCUT2D eigenvalue weighted by molar-refractivity contribution is 0.108. The Hall–Kier alpha value is -0.380. The number of rotatable bonds is 4. The van der Waals surface area contributed by atoms with Gasteiger partial charge >= 0.3 is 0 Å². The van der Waals surface area contributed by atoms with Crippen LogP contribution >= 0.6 is 11.3 Å². The van der Waals surface area contributed by atoms with Gasteiger partial charge in [-0.25, -0.2) is 0 Å². The number of nitrogens with zero attached hydrogens (tertiary/aromatic N) is 1. The summed E-state index contributed by atoms with van der Waals surface area (Å²) in [4.78, 5) is 4.09. The molecule has 1 aromatic rings. The lowest BCUT2D eigenvalue weighted by atomic mass is 9.90. The zero-order valence-electron chi connectivity index (χ0n) is 10.1. The van der Waals surface area contributed by atoms with Gasteiger partial charge in [-0.2, -0.15) is 0 Å². The molecule has 0 aromatic carbocycles. The van der Waals surface area contributed by atoms with Gasteiger partial charge in [0.1, 0.15) is 0 Å². The summed E-state index contributed by atoms with van der Waals surface area (Å²) in [6.45, 7) is 5.56. The zero-order chi connectivity index (χ0) is 11.4. The Morgan fingerprint density at radius 2 is 2.44 bits per heavy atom. The van der Waals surface area contributed by atoms with Gasteiger partial charge in [-0.05, 0) is 43.2 Å². The van der Waals surface area contributed by atoms with Gasteiger partial charge < -0.3 is 5.73 Å². The first kappa shape index (κ1) is 12.1. The fourth-order valence-electron chi connectivity index (χ4n) is 2.70. The second-order valence-corrected chi connectivity index (χ2v) is 5.82. The van der Waals surface area contributed by atoms with E-state index in [4.69, 9.17) is 5.73 Å². The van der Waals surface area contributed by atoms with Crippen LogP contribution in [0.25, 0.3) is 0 Å². The summed E-state index contributed by atoms with van der Waals surface area (Å²) in [6.07, 6.45) is 3.86. The molecule has 1 aliphatic rings. The van der Waals surface area contributed by atoms with Gasteiger partial charge in [0.05, 0.1) is 0 Å². The first-order valence-corrected chi connectivity index (χ1v) is 7.15. The van der Waals surface area contributed by atoms with Crippen molar-refractivity contribution in [3.05, 3.63) is 22.4 Å². The van der Waals surface area contributed by atoms with Crippen molar-refractivity contribution in [1.29, 1.82) is 0 Å². The number of thiophene rings is 1. The molecule has 2 heterocycles. The van der Waals surface area contributed by atoms with Crippen molar-refractivity contribution < 1.29 is 0 Å². The molecule has 1 saturated heterocycles. The number of hydrogen-bond acceptors (Lipinski definition) is 3. The van der Waals surface area contributed by atoms with Crippen molar-refractivity contribution in [1.82, 2.24) is 4.90 Å². The minimum Gasteiger partial charge on any atom is -0.329 e. The topological polar surface area (TPSA) is 29.3 Å². The van der Waals surface area contributed by atoms with Gasteiger partial charge in [-0.15, -0.1) is 11.3 Å². The lowest BCUT2D eigenvalue weighted by Gasteiger charge is -2.39. The van der Waals surface area contributed by atoms with Crippen LogP contribution in [0.1, 0.15) is 24.6 Å². The second-order valence-electron chi connectivity index (χ2n) is 4.79. The normalized spacial score (nSPS) is 27.1. The highest BCUT2D eigenvalue weighted by molar-refractivity contribution is 7.09. The van der Waals surface area contributed by atoms with Gasteiger partial charge in [-0.3, -0.25) is 4.90 Å². The van der Waals surface area contributed by atoms with Gasteiger partial charge in [-0.1, -0.05) is 13.0 Å². The van der Waals surface area contributed by atoms with E-state index in [9.17, 15) is 0 Å². The van der Waals surface area contributed by atoms with Crippen molar-refractivity contribution >= 4 is 11.3 Å². The van der Waals surface area contributed by atoms with Crippen molar-refractivity contribution in [2.24, 2.45) is 11.7 Å². The predicted octanol–water partition coefficient (Wildman–Crippen LogP) is 2.35. The summed E-state index contributed by atoms with van der Waals surface area (Å²) < 4.78 is 0. The summed E-state index contributed by atoms with van der Waals surface area (Å²) >= 11 is 1.86. The molecule has 1 aliphatic heterocycles. The molecule has 1 aromatic heterocycles. The molecule has 90 valence electrons. The third-order valence-corrected chi connectivity index (χ3v) is 4.63. The highest BCUT2D eigenvalue weighted by atomic mass is 32.1. The molecule has 3 heteroatoms. The van der Waals surface area contributed by atoms with Gasteiger partial charge in [0, 0.05) is 24.0 Å². The number of piperidine rings is 1. The van der Waals surface area contributed by atoms with Crippen LogP contribution in [0.5, 0.6) is 0 Å². The fraction of sp³-hybridized carbons (Fsp3) is 0.692. The van der Waals surface area contributed by atoms with Gasteiger partial charge in [0.25, 0.3) is 0 Å². The molecule has 0 radical (unpaired) electrons. The van der Waals surface area contributed by atoms with Crippen LogP contribution < -0.4 is 5.73 Å². The largest absolute Gasteiger partial charge is 0.329 e. The Bertz CT molecular complexity index is 297. The van der Waals surface area contributed by atoms with Crippen LogP contribution in [0.3, 0.4) is 0 Å². The van der Waals surface area contributed by atoms with Crippen LogP contribution in [-0.4, -0.2) is 30.6 Å². The molecular formula is C13H22N2S. The maximum atomic E-state index is 5.89. The van der Waals surface area contributed by atoms with E-state index in [-0.39, 0.29) is 0 Å². The SMILES string of the molecule is CC1CCCN(CCc2cccs2)C1CN. The van der Waals surface area contributed by atoms with E-state index in [1.54, 1.807) is 0 Å². The highest BCUT2D eigenvalue weighted by Gasteiger charge is 2.26. The van der Waals surface area contributed by atoms with Crippen LogP contribution in [0.4, 0.5) is 0 Å². The number of hydrogen-bond donors (Lipinski definition) is 1. The van der Waals surface area contributed by atoms with Crippen LogP contribution in [0, 0.1) is 5.92 Å². The molecule has 2 atom stereocenters. The molecule has 0 spiro atoms. The van der Waals surface area contributed by atoms with E-state index in [0.29, 0.717) is 6.04 Å². The summed E-state index contributed by atoms with van der Waals surface area (Å²) in [5.41, 5.74) is 5.89. The Kier molecular flexibility index (Phi) is 4.38. The Balaban J connectivity index is 1.87. The Morgan fingerprint density at radius 1 is 1.56 bits per heavy atom. The minimum atomic E-state index is 0.605. The van der Waals surface area contributed by atoms with E-state index in [0.717, 1.165) is 12.5 Å².